The third-order valence-electron chi connectivity index (χ3n) is 5.32. The number of likely N-dealkylation sites (tertiary alicyclic amines) is 1. The highest BCUT2D eigenvalue weighted by Crippen LogP contribution is 2.27. The van der Waals surface area contributed by atoms with Crippen molar-refractivity contribution in [3.8, 4) is 10.4 Å². The van der Waals surface area contributed by atoms with E-state index < -0.39 is 22.9 Å². The number of aliphatic hydroxyl groups excluding tert-OH is 1. The van der Waals surface area contributed by atoms with Crippen molar-refractivity contribution in [3.05, 3.63) is 41.0 Å². The number of aliphatic hydroxyl groups is 1. The van der Waals surface area contributed by atoms with Crippen molar-refractivity contribution in [1.82, 2.24) is 15.2 Å². The van der Waals surface area contributed by atoms with Crippen LogP contribution in [0, 0.1) is 6.92 Å². The SMILES string of the molecule is Cc1ncsc1-c1ccc(CNC(=O)[C@@H]2C[C@@H](O)CN2C(=O)[C@@H](N)C(C)(C)S)cc1. The number of nitrogens with zero attached hydrogens (tertiary/aromatic N) is 2. The van der Waals surface area contributed by atoms with Crippen LogP contribution in [0.4, 0.5) is 0 Å². The van der Waals surface area contributed by atoms with Gasteiger partial charge in [0.1, 0.15) is 6.04 Å². The number of amides is 2. The lowest BCUT2D eigenvalue weighted by Gasteiger charge is -2.31. The minimum absolute atomic E-state index is 0.0946. The van der Waals surface area contributed by atoms with Crippen molar-refractivity contribution in [2.24, 2.45) is 5.73 Å². The van der Waals surface area contributed by atoms with Gasteiger partial charge in [-0.15, -0.1) is 11.3 Å². The van der Waals surface area contributed by atoms with Crippen molar-refractivity contribution < 1.29 is 14.7 Å². The van der Waals surface area contributed by atoms with Gasteiger partial charge in [0.2, 0.25) is 11.8 Å². The summed E-state index contributed by atoms with van der Waals surface area (Å²) in [4.78, 5) is 32.3. The zero-order valence-corrected chi connectivity index (χ0v) is 19.0. The Bertz CT molecular complexity index is 908. The molecule has 0 aliphatic carbocycles. The van der Waals surface area contributed by atoms with Gasteiger partial charge in [-0.3, -0.25) is 9.59 Å². The van der Waals surface area contributed by atoms with E-state index in [0.717, 1.165) is 21.7 Å². The van der Waals surface area contributed by atoms with Crippen molar-refractivity contribution in [3.63, 3.8) is 0 Å². The highest BCUT2D eigenvalue weighted by molar-refractivity contribution is 7.81. The van der Waals surface area contributed by atoms with Crippen LogP contribution in [-0.4, -0.2) is 56.3 Å². The first-order valence-electron chi connectivity index (χ1n) is 9.81. The average molecular weight is 449 g/mol. The molecule has 1 aliphatic rings. The standard InChI is InChI=1S/C21H28N4O3S2/c1-12-17(30-11-24-12)14-6-4-13(5-7-14)9-23-19(27)16-8-15(26)10-25(16)20(28)18(22)21(2,3)29/h4-7,11,15-16,18,26,29H,8-10,22H2,1-3H3,(H,23,27)/t15-,16+,18-/m1/s1. The molecular formula is C21H28N4O3S2. The van der Waals surface area contributed by atoms with Gasteiger partial charge >= 0.3 is 0 Å². The Morgan fingerprint density at radius 1 is 1.40 bits per heavy atom. The van der Waals surface area contributed by atoms with E-state index in [-0.39, 0.29) is 24.8 Å². The highest BCUT2D eigenvalue weighted by atomic mass is 32.1. The Morgan fingerprint density at radius 3 is 2.63 bits per heavy atom. The Labute approximate surface area is 186 Å². The number of hydrogen-bond donors (Lipinski definition) is 4. The number of nitrogens with one attached hydrogen (secondary N) is 1. The number of aromatic nitrogens is 1. The number of β-amino-alcohol motifs (C(OH)–C–C–N with tert-alkyl or cyclic N) is 1. The molecule has 4 N–H and O–H groups in total. The molecule has 2 amide bonds. The number of nitrogens with two attached hydrogens (primary N) is 1. The van der Waals surface area contributed by atoms with Crippen LogP contribution in [0.25, 0.3) is 10.4 Å². The quantitative estimate of drug-likeness (QED) is 0.504. The summed E-state index contributed by atoms with van der Waals surface area (Å²) in [6.07, 6.45) is -0.553. The van der Waals surface area contributed by atoms with Crippen LogP contribution in [0.15, 0.2) is 29.8 Å². The molecule has 1 aliphatic heterocycles. The van der Waals surface area contributed by atoms with Crippen molar-refractivity contribution in [2.45, 2.75) is 56.7 Å². The molecule has 1 fully saturated rings. The van der Waals surface area contributed by atoms with Gasteiger partial charge in [0.15, 0.2) is 0 Å². The molecule has 2 aromatic rings. The fourth-order valence-corrected chi connectivity index (χ4v) is 4.37. The van der Waals surface area contributed by atoms with E-state index in [4.69, 9.17) is 5.73 Å². The number of carbonyl (C=O) groups is 2. The number of aryl methyl sites for hydroxylation is 1. The summed E-state index contributed by atoms with van der Waals surface area (Å²) in [5.74, 6) is -0.678. The fourth-order valence-electron chi connectivity index (χ4n) is 3.45. The molecule has 7 nitrogen and oxygen atoms in total. The molecule has 1 saturated heterocycles. The maximum Gasteiger partial charge on any atom is 0.243 e. The van der Waals surface area contributed by atoms with Crippen LogP contribution in [0.1, 0.15) is 31.5 Å². The second kappa shape index (κ2) is 9.05. The van der Waals surface area contributed by atoms with Crippen molar-refractivity contribution >= 4 is 35.8 Å². The minimum atomic E-state index is -0.871. The summed E-state index contributed by atoms with van der Waals surface area (Å²) in [7, 11) is 0. The molecule has 1 aromatic carbocycles. The van der Waals surface area contributed by atoms with E-state index in [2.05, 4.69) is 22.9 Å². The lowest BCUT2D eigenvalue weighted by molar-refractivity contribution is -0.140. The minimum Gasteiger partial charge on any atom is -0.391 e. The van der Waals surface area contributed by atoms with Gasteiger partial charge in [-0.2, -0.15) is 12.6 Å². The Hall–Kier alpha value is -1.94. The first-order valence-corrected chi connectivity index (χ1v) is 11.1. The van der Waals surface area contributed by atoms with Crippen LogP contribution in [0.3, 0.4) is 0 Å². The predicted molar refractivity (Wildman–Crippen MR) is 121 cm³/mol. The molecule has 0 saturated carbocycles. The van der Waals surface area contributed by atoms with Gasteiger partial charge in [0, 0.05) is 24.3 Å². The first kappa shape index (κ1) is 22.7. The van der Waals surface area contributed by atoms with E-state index in [1.54, 1.807) is 25.2 Å². The van der Waals surface area contributed by atoms with Gasteiger partial charge < -0.3 is 21.1 Å². The van der Waals surface area contributed by atoms with E-state index in [0.29, 0.717) is 6.54 Å². The number of rotatable bonds is 6. The summed E-state index contributed by atoms with van der Waals surface area (Å²) in [5, 5.41) is 12.9. The van der Waals surface area contributed by atoms with E-state index >= 15 is 0 Å². The fraction of sp³-hybridized carbons (Fsp3) is 0.476. The lowest BCUT2D eigenvalue weighted by atomic mass is 10.0. The van der Waals surface area contributed by atoms with Gasteiger partial charge in [0.25, 0.3) is 0 Å². The van der Waals surface area contributed by atoms with Gasteiger partial charge in [-0.05, 0) is 31.9 Å². The molecule has 0 radical (unpaired) electrons. The average Bonchev–Trinajstić information content (AvgIpc) is 3.30. The Balaban J connectivity index is 1.63. The van der Waals surface area contributed by atoms with Crippen LogP contribution >= 0.6 is 24.0 Å². The number of thiol groups is 1. The van der Waals surface area contributed by atoms with Crippen molar-refractivity contribution in [1.29, 1.82) is 0 Å². The molecule has 0 bridgehead atoms. The Kier molecular flexibility index (Phi) is 6.86. The Morgan fingerprint density at radius 2 is 2.07 bits per heavy atom. The zero-order valence-electron chi connectivity index (χ0n) is 17.3. The molecule has 0 spiro atoms. The summed E-state index contributed by atoms with van der Waals surface area (Å²) >= 11 is 5.97. The summed E-state index contributed by atoms with van der Waals surface area (Å²) in [5.41, 5.74) is 10.9. The molecule has 3 atom stereocenters. The third-order valence-corrected chi connectivity index (χ3v) is 6.58. The lowest BCUT2D eigenvalue weighted by Crippen LogP contribution is -2.56. The van der Waals surface area contributed by atoms with E-state index in [1.165, 1.54) is 4.90 Å². The molecular weight excluding hydrogens is 420 g/mol. The normalized spacial score (nSPS) is 20.3. The van der Waals surface area contributed by atoms with Crippen LogP contribution < -0.4 is 11.1 Å². The molecule has 0 unspecified atom stereocenters. The topological polar surface area (TPSA) is 109 Å². The van der Waals surface area contributed by atoms with Gasteiger partial charge in [-0.25, -0.2) is 4.98 Å². The maximum absolute atomic E-state index is 12.8. The second-order valence-corrected chi connectivity index (χ2v) is 10.2. The van der Waals surface area contributed by atoms with Crippen molar-refractivity contribution in [2.75, 3.05) is 6.54 Å². The van der Waals surface area contributed by atoms with Crippen LogP contribution in [0.2, 0.25) is 0 Å². The van der Waals surface area contributed by atoms with Crippen LogP contribution in [0.5, 0.6) is 0 Å². The molecule has 1 aromatic heterocycles. The van der Waals surface area contributed by atoms with Gasteiger partial charge in [0.05, 0.1) is 28.2 Å². The number of carbonyl (C=O) groups excluding carboxylic acids is 2. The molecule has 9 heteroatoms. The molecule has 2 heterocycles. The largest absolute Gasteiger partial charge is 0.391 e. The third kappa shape index (κ3) is 5.03. The number of hydrogen-bond acceptors (Lipinski definition) is 7. The van der Waals surface area contributed by atoms with Gasteiger partial charge in [-0.1, -0.05) is 24.3 Å². The predicted octanol–water partition coefficient (Wildman–Crippen LogP) is 1.73. The molecule has 162 valence electrons. The molecule has 3 rings (SSSR count). The first-order chi connectivity index (χ1) is 14.1. The van der Waals surface area contributed by atoms with E-state index in [1.807, 2.05) is 36.7 Å². The summed E-state index contributed by atoms with van der Waals surface area (Å²) in [6.45, 7) is 5.90. The highest BCUT2D eigenvalue weighted by Gasteiger charge is 2.42. The van der Waals surface area contributed by atoms with E-state index in [9.17, 15) is 14.7 Å². The zero-order chi connectivity index (χ0) is 22.1. The summed E-state index contributed by atoms with van der Waals surface area (Å²) in [6, 6.07) is 6.31. The smallest absolute Gasteiger partial charge is 0.243 e. The summed E-state index contributed by atoms with van der Waals surface area (Å²) < 4.78 is -0.732. The number of thiazole rings is 1. The second-order valence-electron chi connectivity index (χ2n) is 8.21. The monoisotopic (exact) mass is 448 g/mol. The number of benzene rings is 1. The maximum atomic E-state index is 12.8. The van der Waals surface area contributed by atoms with Crippen LogP contribution in [-0.2, 0) is 16.1 Å². The molecule has 30 heavy (non-hydrogen) atoms.